The van der Waals surface area contributed by atoms with E-state index in [4.69, 9.17) is 16.3 Å². The lowest BCUT2D eigenvalue weighted by atomic mass is 10.1. The van der Waals surface area contributed by atoms with E-state index in [9.17, 15) is 8.42 Å². The minimum atomic E-state index is -3.61. The molecule has 0 aliphatic carbocycles. The highest BCUT2D eigenvalue weighted by atomic mass is 35.5. The molecule has 1 heterocycles. The maximum Gasteiger partial charge on any atom is 0.240 e. The molecule has 2 N–H and O–H groups in total. The first-order valence-electron chi connectivity index (χ1n) is 7.39. The molecule has 3 aromatic rings. The molecule has 0 atom stereocenters. The van der Waals surface area contributed by atoms with Crippen molar-refractivity contribution in [2.24, 2.45) is 0 Å². The van der Waals surface area contributed by atoms with E-state index in [2.05, 4.69) is 9.71 Å². The Morgan fingerprint density at radius 3 is 2.75 bits per heavy atom. The molecule has 1 aromatic heterocycles. The zero-order valence-electron chi connectivity index (χ0n) is 13.0. The number of hydrogen-bond donors (Lipinski definition) is 2. The maximum absolute atomic E-state index is 12.4. The predicted molar refractivity (Wildman–Crippen MR) is 95.2 cm³/mol. The van der Waals surface area contributed by atoms with Gasteiger partial charge in [-0.3, -0.25) is 0 Å². The van der Waals surface area contributed by atoms with Crippen LogP contribution >= 0.6 is 11.6 Å². The number of sulfonamides is 1. The van der Waals surface area contributed by atoms with E-state index in [1.807, 2.05) is 30.5 Å². The number of fused-ring (bicyclic) bond motifs is 1. The van der Waals surface area contributed by atoms with Crippen LogP contribution in [0, 0.1) is 0 Å². The van der Waals surface area contributed by atoms with Gasteiger partial charge in [-0.15, -0.1) is 0 Å². The summed E-state index contributed by atoms with van der Waals surface area (Å²) < 4.78 is 32.4. The number of methoxy groups -OCH3 is 1. The molecule has 126 valence electrons. The smallest absolute Gasteiger partial charge is 0.240 e. The number of para-hydroxylation sites is 1. The number of ether oxygens (including phenoxy) is 1. The lowest BCUT2D eigenvalue weighted by Crippen LogP contribution is -2.26. The molecule has 3 rings (SSSR count). The topological polar surface area (TPSA) is 71.2 Å². The fourth-order valence-electron chi connectivity index (χ4n) is 2.56. The molecule has 0 saturated heterocycles. The molecule has 0 unspecified atom stereocenters. The van der Waals surface area contributed by atoms with Gasteiger partial charge >= 0.3 is 0 Å². The Hall–Kier alpha value is -2.02. The molecule has 2 aromatic carbocycles. The SMILES string of the molecule is COc1ccc(S(=O)(=O)NCCc2c[nH]c3ccccc23)cc1Cl. The Balaban J connectivity index is 1.70. The van der Waals surface area contributed by atoms with Crippen LogP contribution in [0.15, 0.2) is 53.6 Å². The van der Waals surface area contributed by atoms with Crippen LogP contribution in [0.5, 0.6) is 5.75 Å². The van der Waals surface area contributed by atoms with Gasteiger partial charge in [0.2, 0.25) is 10.0 Å². The number of H-pyrrole nitrogens is 1. The summed E-state index contributed by atoms with van der Waals surface area (Å²) >= 11 is 5.99. The summed E-state index contributed by atoms with van der Waals surface area (Å²) in [6, 6.07) is 12.3. The summed E-state index contributed by atoms with van der Waals surface area (Å²) in [6.07, 6.45) is 2.50. The number of aromatic amines is 1. The summed E-state index contributed by atoms with van der Waals surface area (Å²) in [4.78, 5) is 3.30. The number of rotatable bonds is 6. The van der Waals surface area contributed by atoms with E-state index in [1.54, 1.807) is 0 Å². The van der Waals surface area contributed by atoms with Crippen molar-refractivity contribution < 1.29 is 13.2 Å². The number of aromatic nitrogens is 1. The van der Waals surface area contributed by atoms with Crippen LogP contribution < -0.4 is 9.46 Å². The molecule has 0 aliphatic heterocycles. The van der Waals surface area contributed by atoms with Gasteiger partial charge in [-0.2, -0.15) is 0 Å². The highest BCUT2D eigenvalue weighted by Gasteiger charge is 2.16. The Bertz CT molecular complexity index is 967. The van der Waals surface area contributed by atoms with Crippen molar-refractivity contribution in [3.63, 3.8) is 0 Å². The fraction of sp³-hybridized carbons (Fsp3) is 0.176. The third-order valence-corrected chi connectivity index (χ3v) is 5.55. The molecule has 0 bridgehead atoms. The van der Waals surface area contributed by atoms with Crippen LogP contribution in [0.2, 0.25) is 5.02 Å². The van der Waals surface area contributed by atoms with Gasteiger partial charge in [-0.05, 0) is 36.2 Å². The van der Waals surface area contributed by atoms with Crippen molar-refractivity contribution >= 4 is 32.5 Å². The second-order valence-corrected chi connectivity index (χ2v) is 7.48. The maximum atomic E-state index is 12.4. The summed E-state index contributed by atoms with van der Waals surface area (Å²) in [5.41, 5.74) is 2.11. The van der Waals surface area contributed by atoms with E-state index < -0.39 is 10.0 Å². The average Bonchev–Trinajstić information content (AvgIpc) is 2.98. The highest BCUT2D eigenvalue weighted by molar-refractivity contribution is 7.89. The van der Waals surface area contributed by atoms with E-state index in [0.29, 0.717) is 18.7 Å². The molecule has 5 nitrogen and oxygen atoms in total. The first-order chi connectivity index (χ1) is 11.5. The standard InChI is InChI=1S/C17H17ClN2O3S/c1-23-17-7-6-13(10-15(17)18)24(21,22)20-9-8-12-11-19-16-5-3-2-4-14(12)16/h2-7,10-11,19-20H,8-9H2,1H3. The van der Waals surface area contributed by atoms with Gasteiger partial charge in [0.1, 0.15) is 5.75 Å². The fourth-order valence-corrected chi connectivity index (χ4v) is 3.94. The van der Waals surface area contributed by atoms with Crippen LogP contribution in [0.25, 0.3) is 10.9 Å². The number of hydrogen-bond acceptors (Lipinski definition) is 3. The zero-order chi connectivity index (χ0) is 17.2. The molecule has 0 spiro atoms. The molecule has 0 fully saturated rings. The molecule has 0 radical (unpaired) electrons. The minimum absolute atomic E-state index is 0.118. The summed E-state index contributed by atoms with van der Waals surface area (Å²) in [6.45, 7) is 0.299. The highest BCUT2D eigenvalue weighted by Crippen LogP contribution is 2.26. The number of halogens is 1. The largest absolute Gasteiger partial charge is 0.495 e. The molecule has 7 heteroatoms. The van der Waals surface area contributed by atoms with Gasteiger partial charge in [-0.25, -0.2) is 13.1 Å². The Morgan fingerprint density at radius 2 is 2.00 bits per heavy atom. The van der Waals surface area contributed by atoms with Crippen LogP contribution in [0.4, 0.5) is 0 Å². The minimum Gasteiger partial charge on any atom is -0.495 e. The zero-order valence-corrected chi connectivity index (χ0v) is 14.6. The van der Waals surface area contributed by atoms with E-state index in [-0.39, 0.29) is 9.92 Å². The van der Waals surface area contributed by atoms with Crippen LogP contribution in [0.3, 0.4) is 0 Å². The van der Waals surface area contributed by atoms with Crippen LogP contribution in [0.1, 0.15) is 5.56 Å². The number of nitrogens with one attached hydrogen (secondary N) is 2. The lowest BCUT2D eigenvalue weighted by Gasteiger charge is -2.09. The van der Waals surface area contributed by atoms with Crippen molar-refractivity contribution in [1.29, 1.82) is 0 Å². The monoisotopic (exact) mass is 364 g/mol. The third kappa shape index (κ3) is 3.40. The normalized spacial score (nSPS) is 11.8. The molecule has 0 saturated carbocycles. The second kappa shape index (κ2) is 6.84. The van der Waals surface area contributed by atoms with Gasteiger partial charge in [0.15, 0.2) is 0 Å². The van der Waals surface area contributed by atoms with E-state index in [0.717, 1.165) is 16.5 Å². The van der Waals surface area contributed by atoms with E-state index in [1.165, 1.54) is 25.3 Å². The van der Waals surface area contributed by atoms with Crippen molar-refractivity contribution in [3.05, 3.63) is 59.2 Å². The first kappa shape index (κ1) is 16.8. The van der Waals surface area contributed by atoms with Crippen molar-refractivity contribution in [2.45, 2.75) is 11.3 Å². The number of benzene rings is 2. The molecular formula is C17H17ClN2O3S. The van der Waals surface area contributed by atoms with E-state index >= 15 is 0 Å². The molecular weight excluding hydrogens is 348 g/mol. The molecule has 24 heavy (non-hydrogen) atoms. The van der Waals surface area contributed by atoms with Gasteiger partial charge in [0, 0.05) is 23.6 Å². The van der Waals surface area contributed by atoms with Gasteiger partial charge in [0.25, 0.3) is 0 Å². The summed E-state index contributed by atoms with van der Waals surface area (Å²) in [7, 11) is -2.13. The van der Waals surface area contributed by atoms with Crippen molar-refractivity contribution in [2.75, 3.05) is 13.7 Å². The van der Waals surface area contributed by atoms with Crippen molar-refractivity contribution in [1.82, 2.24) is 9.71 Å². The lowest BCUT2D eigenvalue weighted by molar-refractivity contribution is 0.414. The Kier molecular flexibility index (Phi) is 4.80. The van der Waals surface area contributed by atoms with Gasteiger partial charge < -0.3 is 9.72 Å². The predicted octanol–water partition coefficient (Wildman–Crippen LogP) is 3.35. The Morgan fingerprint density at radius 1 is 1.21 bits per heavy atom. The summed E-state index contributed by atoms with van der Waals surface area (Å²) in [5, 5.41) is 1.36. The average molecular weight is 365 g/mol. The molecule has 0 aliphatic rings. The van der Waals surface area contributed by atoms with Crippen LogP contribution in [-0.2, 0) is 16.4 Å². The van der Waals surface area contributed by atoms with Gasteiger partial charge in [0.05, 0.1) is 17.0 Å². The third-order valence-electron chi connectivity index (χ3n) is 3.79. The van der Waals surface area contributed by atoms with Gasteiger partial charge in [-0.1, -0.05) is 29.8 Å². The Labute approximate surface area is 145 Å². The quantitative estimate of drug-likeness (QED) is 0.704. The van der Waals surface area contributed by atoms with Crippen LogP contribution in [-0.4, -0.2) is 27.1 Å². The first-order valence-corrected chi connectivity index (χ1v) is 9.25. The second-order valence-electron chi connectivity index (χ2n) is 5.30. The van der Waals surface area contributed by atoms with Crippen molar-refractivity contribution in [3.8, 4) is 5.75 Å². The summed E-state index contributed by atoms with van der Waals surface area (Å²) in [5.74, 6) is 0.439. The molecule has 0 amide bonds.